The van der Waals surface area contributed by atoms with Gasteiger partial charge in [-0.25, -0.2) is 4.39 Å². The molecule has 0 aliphatic carbocycles. The van der Waals surface area contributed by atoms with E-state index < -0.39 is 0 Å². The molecule has 0 aromatic heterocycles. The summed E-state index contributed by atoms with van der Waals surface area (Å²) in [5, 5.41) is 0.184. The van der Waals surface area contributed by atoms with Gasteiger partial charge in [-0.1, -0.05) is 23.7 Å². The van der Waals surface area contributed by atoms with Gasteiger partial charge >= 0.3 is 0 Å². The van der Waals surface area contributed by atoms with Gasteiger partial charge in [0.1, 0.15) is 5.82 Å². The number of nitrogens with zero attached hydrogens (tertiary/aromatic N) is 2. The second-order valence-corrected chi connectivity index (χ2v) is 6.48. The van der Waals surface area contributed by atoms with Crippen LogP contribution in [0.25, 0.3) is 0 Å². The van der Waals surface area contributed by atoms with E-state index in [1.54, 1.807) is 6.07 Å². The minimum Gasteiger partial charge on any atom is -0.329 e. The van der Waals surface area contributed by atoms with E-state index in [4.69, 9.17) is 17.3 Å². The van der Waals surface area contributed by atoms with Crippen molar-refractivity contribution in [3.63, 3.8) is 0 Å². The van der Waals surface area contributed by atoms with Gasteiger partial charge in [0.2, 0.25) is 0 Å². The topological polar surface area (TPSA) is 32.5 Å². The first-order valence-electron chi connectivity index (χ1n) is 7.82. The quantitative estimate of drug-likeness (QED) is 0.931. The molecule has 3 rings (SSSR count). The lowest BCUT2D eigenvalue weighted by Crippen LogP contribution is -2.41. The van der Waals surface area contributed by atoms with Crippen LogP contribution < -0.4 is 5.73 Å². The van der Waals surface area contributed by atoms with Crippen molar-refractivity contribution in [3.05, 3.63) is 34.6 Å². The summed E-state index contributed by atoms with van der Waals surface area (Å²) in [6.45, 7) is 4.73. The Bertz CT molecular complexity index is 496. The van der Waals surface area contributed by atoms with Crippen molar-refractivity contribution in [2.45, 2.75) is 31.3 Å². The maximum atomic E-state index is 14.3. The second kappa shape index (κ2) is 6.61. The summed E-state index contributed by atoms with van der Waals surface area (Å²) < 4.78 is 14.3. The highest BCUT2D eigenvalue weighted by atomic mass is 35.5. The molecule has 3 nitrogen and oxygen atoms in total. The number of benzene rings is 1. The molecule has 0 radical (unpaired) electrons. The van der Waals surface area contributed by atoms with E-state index in [9.17, 15) is 4.39 Å². The fourth-order valence-corrected chi connectivity index (χ4v) is 3.95. The smallest absolute Gasteiger partial charge is 0.146 e. The molecule has 116 valence electrons. The van der Waals surface area contributed by atoms with Crippen molar-refractivity contribution in [3.8, 4) is 0 Å². The molecule has 2 heterocycles. The van der Waals surface area contributed by atoms with Gasteiger partial charge in [-0.2, -0.15) is 0 Å². The summed E-state index contributed by atoms with van der Waals surface area (Å²) >= 11 is 5.93. The van der Waals surface area contributed by atoms with Gasteiger partial charge in [0.05, 0.1) is 11.1 Å². The average Bonchev–Trinajstić information content (AvgIpc) is 2.82. The number of halogens is 2. The van der Waals surface area contributed by atoms with E-state index in [1.807, 2.05) is 12.1 Å². The highest BCUT2D eigenvalue weighted by Gasteiger charge is 2.32. The van der Waals surface area contributed by atoms with Crippen LogP contribution in [0.1, 0.15) is 30.9 Å². The van der Waals surface area contributed by atoms with Crippen molar-refractivity contribution in [2.75, 3.05) is 32.7 Å². The van der Waals surface area contributed by atoms with Crippen molar-refractivity contribution in [1.29, 1.82) is 0 Å². The van der Waals surface area contributed by atoms with Crippen molar-refractivity contribution in [1.82, 2.24) is 9.80 Å². The molecule has 2 aliphatic heterocycles. The molecular formula is C16H23ClFN3. The van der Waals surface area contributed by atoms with Crippen molar-refractivity contribution in [2.24, 2.45) is 5.73 Å². The predicted molar refractivity (Wildman–Crippen MR) is 84.0 cm³/mol. The lowest BCUT2D eigenvalue weighted by atomic mass is 10.0. The third-order valence-electron chi connectivity index (χ3n) is 4.84. The average molecular weight is 312 g/mol. The molecule has 2 aliphatic rings. The van der Waals surface area contributed by atoms with E-state index in [2.05, 4.69) is 9.80 Å². The number of fused-ring (bicyclic) bond motifs is 1. The summed E-state index contributed by atoms with van der Waals surface area (Å²) in [5.74, 6) is -0.317. The van der Waals surface area contributed by atoms with E-state index in [-0.39, 0.29) is 16.9 Å². The fraction of sp³-hybridized carbons (Fsp3) is 0.625. The van der Waals surface area contributed by atoms with Crippen LogP contribution in [0, 0.1) is 5.82 Å². The number of hydrogen-bond acceptors (Lipinski definition) is 3. The molecule has 0 bridgehead atoms. The first-order chi connectivity index (χ1) is 10.2. The van der Waals surface area contributed by atoms with Crippen molar-refractivity contribution < 1.29 is 4.39 Å². The zero-order valence-electron chi connectivity index (χ0n) is 12.3. The Morgan fingerprint density at radius 1 is 1.29 bits per heavy atom. The van der Waals surface area contributed by atoms with E-state index in [0.29, 0.717) is 18.2 Å². The van der Waals surface area contributed by atoms with E-state index in [0.717, 1.165) is 26.1 Å². The van der Waals surface area contributed by atoms with Crippen LogP contribution in [0.3, 0.4) is 0 Å². The Labute approximate surface area is 130 Å². The largest absolute Gasteiger partial charge is 0.329 e. The third-order valence-corrected chi connectivity index (χ3v) is 5.13. The Morgan fingerprint density at radius 3 is 2.90 bits per heavy atom. The van der Waals surface area contributed by atoms with Gasteiger partial charge in [0.25, 0.3) is 0 Å². The molecule has 2 fully saturated rings. The Hall–Kier alpha value is -0.680. The molecular weight excluding hydrogens is 289 g/mol. The molecule has 1 aromatic rings. The molecule has 5 heteroatoms. The molecule has 2 saturated heterocycles. The third kappa shape index (κ3) is 3.09. The van der Waals surface area contributed by atoms with Crippen LogP contribution in [0.15, 0.2) is 18.2 Å². The first kappa shape index (κ1) is 15.2. The summed E-state index contributed by atoms with van der Waals surface area (Å²) in [6.07, 6.45) is 3.64. The maximum absolute atomic E-state index is 14.3. The van der Waals surface area contributed by atoms with Crippen LogP contribution in [-0.2, 0) is 0 Å². The minimum atomic E-state index is -0.317. The normalized spacial score (nSPS) is 25.6. The summed E-state index contributed by atoms with van der Waals surface area (Å²) in [4.78, 5) is 4.92. The highest BCUT2D eigenvalue weighted by Crippen LogP contribution is 2.30. The number of rotatable bonds is 3. The minimum absolute atomic E-state index is 0.0794. The molecule has 2 atom stereocenters. The molecule has 0 amide bonds. The van der Waals surface area contributed by atoms with Crippen LogP contribution in [-0.4, -0.2) is 48.6 Å². The van der Waals surface area contributed by atoms with Crippen molar-refractivity contribution >= 4 is 11.6 Å². The molecule has 0 saturated carbocycles. The van der Waals surface area contributed by atoms with Gasteiger partial charge in [-0.05, 0) is 38.4 Å². The lowest BCUT2D eigenvalue weighted by molar-refractivity contribution is 0.173. The Balaban J connectivity index is 1.83. The molecule has 2 unspecified atom stereocenters. The Morgan fingerprint density at radius 2 is 2.10 bits per heavy atom. The van der Waals surface area contributed by atoms with E-state index in [1.165, 1.54) is 19.4 Å². The molecule has 2 N–H and O–H groups in total. The highest BCUT2D eigenvalue weighted by molar-refractivity contribution is 6.30. The maximum Gasteiger partial charge on any atom is 0.146 e. The van der Waals surface area contributed by atoms with Gasteiger partial charge in [-0.15, -0.1) is 0 Å². The predicted octanol–water partition coefficient (Wildman–Crippen LogP) is 2.65. The number of hydrogen-bond donors (Lipinski definition) is 1. The second-order valence-electron chi connectivity index (χ2n) is 6.08. The fourth-order valence-electron chi connectivity index (χ4n) is 3.77. The lowest BCUT2D eigenvalue weighted by Gasteiger charge is -2.32. The Kier molecular flexibility index (Phi) is 4.79. The summed E-state index contributed by atoms with van der Waals surface area (Å²) in [6, 6.07) is 5.74. The molecule has 21 heavy (non-hydrogen) atoms. The van der Waals surface area contributed by atoms with Gasteiger partial charge in [0, 0.05) is 31.2 Å². The van der Waals surface area contributed by atoms with Crippen LogP contribution in [0.4, 0.5) is 4.39 Å². The van der Waals surface area contributed by atoms with Crippen LogP contribution in [0.5, 0.6) is 0 Å². The standard InChI is InChI=1S/C16H23ClFN3/c17-14-6-1-5-13(16(14)18)15(10-19)21-9-3-8-20-7-2-4-12(20)11-21/h1,5-6,12,15H,2-4,7-11,19H2. The monoisotopic (exact) mass is 311 g/mol. The summed E-state index contributed by atoms with van der Waals surface area (Å²) in [7, 11) is 0. The SMILES string of the molecule is NCC(c1cccc(Cl)c1F)N1CCCN2CCCC2C1. The van der Waals surface area contributed by atoms with Gasteiger partial charge in [-0.3, -0.25) is 9.80 Å². The van der Waals surface area contributed by atoms with Crippen LogP contribution >= 0.6 is 11.6 Å². The molecule has 1 aromatic carbocycles. The zero-order chi connectivity index (χ0) is 14.8. The zero-order valence-corrected chi connectivity index (χ0v) is 13.0. The summed E-state index contributed by atoms with van der Waals surface area (Å²) in [5.41, 5.74) is 6.61. The molecule has 0 spiro atoms. The van der Waals surface area contributed by atoms with Crippen LogP contribution in [0.2, 0.25) is 5.02 Å². The van der Waals surface area contributed by atoms with Gasteiger partial charge in [0.15, 0.2) is 0 Å². The van der Waals surface area contributed by atoms with E-state index >= 15 is 0 Å². The van der Waals surface area contributed by atoms with Gasteiger partial charge < -0.3 is 5.73 Å². The number of nitrogens with two attached hydrogens (primary N) is 1. The first-order valence-corrected chi connectivity index (χ1v) is 8.20.